The summed E-state index contributed by atoms with van der Waals surface area (Å²) in [7, 11) is 0. The van der Waals surface area contributed by atoms with Crippen molar-refractivity contribution in [3.8, 4) is 0 Å². The zero-order valence-corrected chi connectivity index (χ0v) is 12.3. The van der Waals surface area contributed by atoms with E-state index in [4.69, 9.17) is 0 Å². The first kappa shape index (κ1) is 13.7. The van der Waals surface area contributed by atoms with Crippen LogP contribution in [0.25, 0.3) is 0 Å². The van der Waals surface area contributed by atoms with E-state index in [0.29, 0.717) is 0 Å². The van der Waals surface area contributed by atoms with Gasteiger partial charge in [0.05, 0.1) is 0 Å². The maximum Gasteiger partial charge on any atom is 0.152 e. The fraction of sp³-hybridized carbons (Fsp3) is 0.278. The summed E-state index contributed by atoms with van der Waals surface area (Å²) in [6, 6.07) is 16.6. The van der Waals surface area contributed by atoms with Gasteiger partial charge in [0.2, 0.25) is 0 Å². The standard InChI is InChI=1S/C18H20N2O/c1-15-7-8-18(16(13-15)14-21)20-11-9-19(10-12-20)17-5-3-2-4-6-17/h2-8,13-14H,9-12H2,1H3. The largest absolute Gasteiger partial charge is 0.368 e. The van der Waals surface area contributed by atoms with Crippen LogP contribution in [0.2, 0.25) is 0 Å². The number of aryl methyl sites for hydroxylation is 1. The first-order valence-electron chi connectivity index (χ1n) is 7.39. The zero-order valence-electron chi connectivity index (χ0n) is 12.3. The van der Waals surface area contributed by atoms with Gasteiger partial charge in [-0.05, 0) is 31.2 Å². The molecule has 0 aliphatic carbocycles. The minimum absolute atomic E-state index is 0.795. The molecule has 0 spiro atoms. The maximum atomic E-state index is 11.3. The number of rotatable bonds is 3. The average molecular weight is 280 g/mol. The van der Waals surface area contributed by atoms with Crippen molar-refractivity contribution in [2.45, 2.75) is 6.92 Å². The van der Waals surface area contributed by atoms with E-state index in [-0.39, 0.29) is 0 Å². The number of hydrogen-bond acceptors (Lipinski definition) is 3. The Morgan fingerprint density at radius 3 is 2.24 bits per heavy atom. The van der Waals surface area contributed by atoms with E-state index in [9.17, 15) is 4.79 Å². The van der Waals surface area contributed by atoms with Gasteiger partial charge in [0.25, 0.3) is 0 Å². The van der Waals surface area contributed by atoms with Crippen LogP contribution in [0.5, 0.6) is 0 Å². The van der Waals surface area contributed by atoms with Crippen molar-refractivity contribution in [3.63, 3.8) is 0 Å². The van der Waals surface area contributed by atoms with Crippen LogP contribution in [-0.4, -0.2) is 32.5 Å². The molecule has 0 radical (unpaired) electrons. The van der Waals surface area contributed by atoms with Gasteiger partial charge in [-0.3, -0.25) is 4.79 Å². The van der Waals surface area contributed by atoms with Gasteiger partial charge in [-0.2, -0.15) is 0 Å². The highest BCUT2D eigenvalue weighted by atomic mass is 16.1. The molecule has 0 aromatic heterocycles. The van der Waals surface area contributed by atoms with Gasteiger partial charge in [0.1, 0.15) is 0 Å². The molecule has 21 heavy (non-hydrogen) atoms. The van der Waals surface area contributed by atoms with Gasteiger partial charge in [-0.1, -0.05) is 29.8 Å². The Hall–Kier alpha value is -2.29. The molecule has 1 saturated heterocycles. The summed E-state index contributed by atoms with van der Waals surface area (Å²) in [4.78, 5) is 16.0. The molecule has 108 valence electrons. The van der Waals surface area contributed by atoms with Crippen LogP contribution in [0.3, 0.4) is 0 Å². The number of benzene rings is 2. The van der Waals surface area contributed by atoms with Gasteiger partial charge in [0.15, 0.2) is 6.29 Å². The Morgan fingerprint density at radius 1 is 0.905 bits per heavy atom. The molecule has 2 aromatic rings. The van der Waals surface area contributed by atoms with E-state index in [1.54, 1.807) is 0 Å². The van der Waals surface area contributed by atoms with Crippen LogP contribution in [0.1, 0.15) is 15.9 Å². The second-order valence-electron chi connectivity index (χ2n) is 5.49. The molecular formula is C18H20N2O. The molecule has 3 nitrogen and oxygen atoms in total. The highest BCUT2D eigenvalue weighted by molar-refractivity contribution is 5.85. The summed E-state index contributed by atoms with van der Waals surface area (Å²) < 4.78 is 0. The molecule has 0 bridgehead atoms. The number of hydrogen-bond donors (Lipinski definition) is 0. The summed E-state index contributed by atoms with van der Waals surface area (Å²) in [5.41, 5.74) is 4.26. The SMILES string of the molecule is Cc1ccc(N2CCN(c3ccccc3)CC2)c(C=O)c1. The predicted molar refractivity (Wildman–Crippen MR) is 87.4 cm³/mol. The lowest BCUT2D eigenvalue weighted by molar-refractivity contribution is 0.112. The Bertz CT molecular complexity index is 616. The van der Waals surface area contributed by atoms with Crippen LogP contribution < -0.4 is 9.80 Å². The molecule has 1 heterocycles. The number of piperazine rings is 1. The van der Waals surface area contributed by atoms with Gasteiger partial charge in [0, 0.05) is 43.1 Å². The lowest BCUT2D eigenvalue weighted by Gasteiger charge is -2.37. The third-order valence-corrected chi connectivity index (χ3v) is 4.05. The molecule has 3 rings (SSSR count). The lowest BCUT2D eigenvalue weighted by Crippen LogP contribution is -2.46. The van der Waals surface area contributed by atoms with E-state index in [1.165, 1.54) is 5.69 Å². The number of carbonyl (C=O) groups is 1. The Kier molecular flexibility index (Phi) is 3.91. The Labute approximate surface area is 125 Å². The molecule has 0 N–H and O–H groups in total. The number of para-hydroxylation sites is 1. The molecule has 0 saturated carbocycles. The van der Waals surface area contributed by atoms with E-state index in [2.05, 4.69) is 46.2 Å². The predicted octanol–water partition coefficient (Wildman–Crippen LogP) is 3.13. The molecule has 2 aromatic carbocycles. The fourth-order valence-electron chi connectivity index (χ4n) is 2.90. The summed E-state index contributed by atoms with van der Waals surface area (Å²) in [6.07, 6.45) is 0.964. The molecule has 0 unspecified atom stereocenters. The van der Waals surface area contributed by atoms with Crippen LogP contribution in [-0.2, 0) is 0 Å². The first-order chi connectivity index (χ1) is 10.3. The van der Waals surface area contributed by atoms with Crippen molar-refractivity contribution >= 4 is 17.7 Å². The third-order valence-electron chi connectivity index (χ3n) is 4.05. The highest BCUT2D eigenvalue weighted by Crippen LogP contribution is 2.23. The van der Waals surface area contributed by atoms with Crippen LogP contribution in [0.4, 0.5) is 11.4 Å². The molecule has 1 aliphatic heterocycles. The zero-order chi connectivity index (χ0) is 14.7. The van der Waals surface area contributed by atoms with Crippen LogP contribution in [0, 0.1) is 6.92 Å². The lowest BCUT2D eigenvalue weighted by atomic mass is 10.1. The van der Waals surface area contributed by atoms with Crippen LogP contribution in [0.15, 0.2) is 48.5 Å². The second-order valence-corrected chi connectivity index (χ2v) is 5.49. The Morgan fingerprint density at radius 2 is 1.57 bits per heavy atom. The normalized spacial score (nSPS) is 15.1. The number of anilines is 2. The summed E-state index contributed by atoms with van der Waals surface area (Å²) in [5.74, 6) is 0. The smallest absolute Gasteiger partial charge is 0.152 e. The highest BCUT2D eigenvalue weighted by Gasteiger charge is 2.19. The van der Waals surface area contributed by atoms with E-state index in [0.717, 1.165) is 49.3 Å². The fourth-order valence-corrected chi connectivity index (χ4v) is 2.90. The quantitative estimate of drug-likeness (QED) is 0.807. The van der Waals surface area contributed by atoms with Crippen molar-refractivity contribution in [2.24, 2.45) is 0 Å². The van der Waals surface area contributed by atoms with Gasteiger partial charge >= 0.3 is 0 Å². The topological polar surface area (TPSA) is 23.6 Å². The summed E-state index contributed by atoms with van der Waals surface area (Å²) in [5, 5.41) is 0. The second kappa shape index (κ2) is 6.00. The van der Waals surface area contributed by atoms with Gasteiger partial charge in [-0.25, -0.2) is 0 Å². The monoisotopic (exact) mass is 280 g/mol. The third kappa shape index (κ3) is 2.92. The molecule has 0 atom stereocenters. The number of aldehydes is 1. The first-order valence-corrected chi connectivity index (χ1v) is 7.39. The van der Waals surface area contributed by atoms with E-state index in [1.807, 2.05) is 19.1 Å². The molecule has 3 heteroatoms. The molecule has 1 fully saturated rings. The van der Waals surface area contributed by atoms with E-state index >= 15 is 0 Å². The average Bonchev–Trinajstić information content (AvgIpc) is 2.56. The maximum absolute atomic E-state index is 11.3. The van der Waals surface area contributed by atoms with Gasteiger partial charge < -0.3 is 9.80 Å². The molecular weight excluding hydrogens is 260 g/mol. The summed E-state index contributed by atoms with van der Waals surface area (Å²) >= 11 is 0. The van der Waals surface area contributed by atoms with Crippen molar-refractivity contribution in [2.75, 3.05) is 36.0 Å². The van der Waals surface area contributed by atoms with Crippen molar-refractivity contribution in [1.29, 1.82) is 0 Å². The summed E-state index contributed by atoms with van der Waals surface area (Å²) in [6.45, 7) is 5.87. The van der Waals surface area contributed by atoms with Gasteiger partial charge in [-0.15, -0.1) is 0 Å². The minimum Gasteiger partial charge on any atom is -0.368 e. The Balaban J connectivity index is 1.73. The number of carbonyl (C=O) groups excluding carboxylic acids is 1. The van der Waals surface area contributed by atoms with Crippen molar-refractivity contribution in [1.82, 2.24) is 0 Å². The molecule has 0 amide bonds. The number of nitrogens with zero attached hydrogens (tertiary/aromatic N) is 2. The minimum atomic E-state index is 0.795. The van der Waals surface area contributed by atoms with Crippen molar-refractivity contribution < 1.29 is 4.79 Å². The molecule has 1 aliphatic rings. The van der Waals surface area contributed by atoms with Crippen LogP contribution >= 0.6 is 0 Å². The van der Waals surface area contributed by atoms with Crippen molar-refractivity contribution in [3.05, 3.63) is 59.7 Å². The van der Waals surface area contributed by atoms with E-state index < -0.39 is 0 Å².